The fraction of sp³-hybridized carbons (Fsp3) is 0.458. The highest BCUT2D eigenvalue weighted by molar-refractivity contribution is 5.89. The quantitative estimate of drug-likeness (QED) is 0.238. The Morgan fingerprint density at radius 1 is 1.24 bits per heavy atom. The van der Waals surface area contributed by atoms with E-state index in [0.717, 1.165) is 5.56 Å². The molecule has 1 aliphatic rings. The maximum absolute atomic E-state index is 12.5. The van der Waals surface area contributed by atoms with E-state index in [1.807, 2.05) is 30.3 Å². The minimum absolute atomic E-state index is 0.0765. The first-order chi connectivity index (χ1) is 16.2. The number of carbonyl (C=O) groups excluding carboxylic acids is 1. The second kappa shape index (κ2) is 11.5. The molecule has 1 saturated heterocycles. The lowest BCUT2D eigenvalue weighted by atomic mass is 10.1. The molecule has 0 aromatic heterocycles. The number of carbonyl (C=O) groups is 1. The monoisotopic (exact) mass is 475 g/mol. The maximum atomic E-state index is 12.5. The van der Waals surface area contributed by atoms with Crippen LogP contribution in [-0.2, 0) is 30.3 Å². The van der Waals surface area contributed by atoms with Crippen molar-refractivity contribution in [2.24, 2.45) is 0 Å². The van der Waals surface area contributed by atoms with Crippen LogP contribution in [0.1, 0.15) is 36.2 Å². The van der Waals surface area contributed by atoms with E-state index >= 15 is 0 Å². The number of methoxy groups -OCH3 is 1. The minimum Gasteiger partial charge on any atom is -0.456 e. The van der Waals surface area contributed by atoms with Crippen LogP contribution < -0.4 is 0 Å². The van der Waals surface area contributed by atoms with Crippen molar-refractivity contribution in [1.82, 2.24) is 0 Å². The van der Waals surface area contributed by atoms with Gasteiger partial charge in [0.15, 0.2) is 12.1 Å². The van der Waals surface area contributed by atoms with Gasteiger partial charge in [-0.05, 0) is 31.5 Å². The smallest absolute Gasteiger partial charge is 0.338 e. The van der Waals surface area contributed by atoms with Crippen molar-refractivity contribution in [3.05, 3.63) is 75.8 Å². The zero-order chi connectivity index (χ0) is 24.7. The molecule has 0 amide bonds. The molecule has 5 atom stereocenters. The first kappa shape index (κ1) is 25.7. The Morgan fingerprint density at radius 3 is 2.53 bits per heavy atom. The maximum Gasteiger partial charge on any atom is 0.338 e. The number of hydrogen-bond acceptors (Lipinski definition) is 9. The Balaban J connectivity index is 1.66. The lowest BCUT2D eigenvalue weighted by Crippen LogP contribution is -2.50. The van der Waals surface area contributed by atoms with Crippen molar-refractivity contribution >= 4 is 11.7 Å². The molecule has 10 heteroatoms. The van der Waals surface area contributed by atoms with E-state index in [0.29, 0.717) is 0 Å². The van der Waals surface area contributed by atoms with Crippen molar-refractivity contribution in [2.75, 3.05) is 13.7 Å². The Morgan fingerprint density at radius 2 is 1.91 bits per heavy atom. The summed E-state index contributed by atoms with van der Waals surface area (Å²) in [6.45, 7) is 3.50. The summed E-state index contributed by atoms with van der Waals surface area (Å²) in [4.78, 5) is 22.8. The highest BCUT2D eigenvalue weighted by atomic mass is 16.7. The van der Waals surface area contributed by atoms with Crippen molar-refractivity contribution in [3.63, 3.8) is 0 Å². The van der Waals surface area contributed by atoms with Gasteiger partial charge < -0.3 is 28.8 Å². The summed E-state index contributed by atoms with van der Waals surface area (Å²) in [5.74, 6) is -2.19. The van der Waals surface area contributed by atoms with Crippen molar-refractivity contribution in [1.29, 1.82) is 0 Å². The number of esters is 1. The van der Waals surface area contributed by atoms with Crippen molar-refractivity contribution in [2.45, 2.75) is 57.3 Å². The van der Waals surface area contributed by atoms with E-state index in [1.165, 1.54) is 38.3 Å². The van der Waals surface area contributed by atoms with Crippen LogP contribution in [0.4, 0.5) is 5.69 Å². The molecule has 1 N–H and O–H groups in total. The standard InChI is InChI=1S/C24H29NO9/c1-16(24(2,27)30-3)33-21-13-20(15-32-23(21)31-14-17-7-5-4-6-8-17)34-22(26)18-9-11-19(12-10-18)25(28)29/h4-12,16,20-21,23,27H,13-15H2,1-3H3. The molecule has 2 aromatic rings. The predicted octanol–water partition coefficient (Wildman–Crippen LogP) is 3.21. The highest BCUT2D eigenvalue weighted by Gasteiger charge is 2.39. The lowest BCUT2D eigenvalue weighted by Gasteiger charge is -2.39. The summed E-state index contributed by atoms with van der Waals surface area (Å²) in [7, 11) is 1.37. The van der Waals surface area contributed by atoms with Crippen LogP contribution in [0.5, 0.6) is 0 Å². The average Bonchev–Trinajstić information content (AvgIpc) is 2.84. The third-order valence-electron chi connectivity index (χ3n) is 5.64. The fourth-order valence-electron chi connectivity index (χ4n) is 3.35. The lowest BCUT2D eigenvalue weighted by molar-refractivity contribution is -0.384. The molecule has 34 heavy (non-hydrogen) atoms. The molecule has 184 valence electrons. The fourth-order valence-corrected chi connectivity index (χ4v) is 3.35. The van der Waals surface area contributed by atoms with E-state index < -0.39 is 41.3 Å². The molecule has 1 aliphatic heterocycles. The highest BCUT2D eigenvalue weighted by Crippen LogP contribution is 2.27. The van der Waals surface area contributed by atoms with Gasteiger partial charge in [-0.3, -0.25) is 10.1 Å². The summed E-state index contributed by atoms with van der Waals surface area (Å²) in [5.41, 5.74) is 1.01. The topological polar surface area (TPSA) is 127 Å². The van der Waals surface area contributed by atoms with Gasteiger partial charge in [-0.15, -0.1) is 0 Å². The molecule has 10 nitrogen and oxygen atoms in total. The normalized spacial score (nSPS) is 23.0. The first-order valence-corrected chi connectivity index (χ1v) is 10.8. The second-order valence-corrected chi connectivity index (χ2v) is 8.14. The number of aliphatic hydroxyl groups is 1. The second-order valence-electron chi connectivity index (χ2n) is 8.14. The van der Waals surface area contributed by atoms with Crippen LogP contribution in [0.25, 0.3) is 0 Å². The zero-order valence-corrected chi connectivity index (χ0v) is 19.3. The van der Waals surface area contributed by atoms with E-state index in [9.17, 15) is 20.0 Å². The number of benzene rings is 2. The van der Waals surface area contributed by atoms with Crippen LogP contribution in [0.3, 0.4) is 0 Å². The van der Waals surface area contributed by atoms with Gasteiger partial charge in [-0.2, -0.15) is 0 Å². The predicted molar refractivity (Wildman–Crippen MR) is 120 cm³/mol. The summed E-state index contributed by atoms with van der Waals surface area (Å²) in [6.07, 6.45) is -2.56. The minimum atomic E-state index is -1.55. The van der Waals surface area contributed by atoms with E-state index in [-0.39, 0.29) is 30.9 Å². The third-order valence-corrected chi connectivity index (χ3v) is 5.64. The number of hydrogen-bond donors (Lipinski definition) is 1. The van der Waals surface area contributed by atoms with E-state index in [1.54, 1.807) is 6.92 Å². The number of nitro groups is 1. The number of nitro benzene ring substituents is 1. The Hall–Kier alpha value is -2.89. The van der Waals surface area contributed by atoms with Crippen molar-refractivity contribution in [3.8, 4) is 0 Å². The molecular formula is C24H29NO9. The largest absolute Gasteiger partial charge is 0.456 e. The van der Waals surface area contributed by atoms with E-state index in [2.05, 4.69) is 0 Å². The molecule has 0 saturated carbocycles. The van der Waals surface area contributed by atoms with Gasteiger partial charge >= 0.3 is 5.97 Å². The van der Waals surface area contributed by atoms with Gasteiger partial charge in [-0.25, -0.2) is 4.79 Å². The molecule has 5 unspecified atom stereocenters. The zero-order valence-electron chi connectivity index (χ0n) is 19.3. The Labute approximate surface area is 197 Å². The molecule has 3 rings (SSSR count). The Kier molecular flexibility index (Phi) is 8.70. The number of ether oxygens (including phenoxy) is 5. The van der Waals surface area contributed by atoms with Gasteiger partial charge in [0.05, 0.1) is 23.7 Å². The first-order valence-electron chi connectivity index (χ1n) is 10.8. The van der Waals surface area contributed by atoms with Crippen LogP contribution in [-0.4, -0.2) is 60.1 Å². The molecule has 0 bridgehead atoms. The van der Waals surface area contributed by atoms with Crippen LogP contribution in [0.2, 0.25) is 0 Å². The molecule has 2 aromatic carbocycles. The number of rotatable bonds is 10. The van der Waals surface area contributed by atoms with Gasteiger partial charge in [0.2, 0.25) is 0 Å². The van der Waals surface area contributed by atoms with E-state index in [4.69, 9.17) is 23.7 Å². The molecule has 0 aliphatic carbocycles. The van der Waals surface area contributed by atoms with Crippen molar-refractivity contribution < 1.29 is 38.5 Å². The van der Waals surface area contributed by atoms with Gasteiger partial charge in [0, 0.05) is 25.7 Å². The van der Waals surface area contributed by atoms with Crippen LogP contribution in [0.15, 0.2) is 54.6 Å². The summed E-state index contributed by atoms with van der Waals surface area (Å²) < 4.78 is 28.4. The van der Waals surface area contributed by atoms with Gasteiger partial charge in [0.25, 0.3) is 5.69 Å². The van der Waals surface area contributed by atoms with Crippen LogP contribution in [0, 0.1) is 10.1 Å². The summed E-state index contributed by atoms with van der Waals surface area (Å²) in [5, 5.41) is 21.2. The molecule has 0 spiro atoms. The van der Waals surface area contributed by atoms with Gasteiger partial charge in [-0.1, -0.05) is 30.3 Å². The molecule has 0 radical (unpaired) electrons. The van der Waals surface area contributed by atoms with Crippen LogP contribution >= 0.6 is 0 Å². The van der Waals surface area contributed by atoms with Gasteiger partial charge in [0.1, 0.15) is 18.3 Å². The summed E-state index contributed by atoms with van der Waals surface area (Å²) in [6, 6.07) is 14.7. The summed E-state index contributed by atoms with van der Waals surface area (Å²) >= 11 is 0. The number of non-ortho nitro benzene ring substituents is 1. The molecule has 1 fully saturated rings. The number of nitrogens with zero attached hydrogens (tertiary/aromatic N) is 1. The molecule has 1 heterocycles. The Bertz CT molecular complexity index is 949. The average molecular weight is 475 g/mol. The third kappa shape index (κ3) is 6.81. The SMILES string of the molecule is COC(C)(O)C(C)OC1CC(OC(=O)c2ccc([N+](=O)[O-])cc2)COC1OCc1ccccc1. The molecular weight excluding hydrogens is 446 g/mol.